The van der Waals surface area contributed by atoms with E-state index < -0.39 is 0 Å². The molecule has 0 saturated carbocycles. The van der Waals surface area contributed by atoms with E-state index in [9.17, 15) is 4.79 Å². The maximum Gasteiger partial charge on any atom is 0.233 e. The molecule has 0 aliphatic carbocycles. The Morgan fingerprint density at radius 1 is 1.50 bits per heavy atom. The van der Waals surface area contributed by atoms with Gasteiger partial charge in [-0.15, -0.1) is 0 Å². The number of methoxy groups -OCH3 is 1. The lowest BCUT2D eigenvalue weighted by atomic mass is 10.1. The maximum atomic E-state index is 12.5. The molecule has 0 fully saturated rings. The van der Waals surface area contributed by atoms with Gasteiger partial charge in [0.25, 0.3) is 0 Å². The Kier molecular flexibility index (Phi) is 3.41. The zero-order valence-electron chi connectivity index (χ0n) is 10.7. The van der Waals surface area contributed by atoms with Gasteiger partial charge in [-0.2, -0.15) is 5.10 Å². The first-order valence-electron chi connectivity index (χ1n) is 5.75. The minimum atomic E-state index is -0.163. The van der Waals surface area contributed by atoms with Crippen LogP contribution in [-0.2, 0) is 6.54 Å². The van der Waals surface area contributed by atoms with Crippen LogP contribution in [0.4, 0.5) is 0 Å². The summed E-state index contributed by atoms with van der Waals surface area (Å²) in [5.74, 6) is 0.316. The normalized spacial score (nSPS) is 10.4. The molecule has 2 rings (SSSR count). The van der Waals surface area contributed by atoms with Crippen LogP contribution >= 0.6 is 0 Å². The molecule has 0 N–H and O–H groups in total. The van der Waals surface area contributed by atoms with Crippen molar-refractivity contribution in [1.82, 2.24) is 14.8 Å². The largest absolute Gasteiger partial charge is 0.493 e. The van der Waals surface area contributed by atoms with Gasteiger partial charge in [-0.3, -0.25) is 14.5 Å². The molecule has 2 aromatic heterocycles. The summed E-state index contributed by atoms with van der Waals surface area (Å²) in [6.45, 7) is 4.39. The van der Waals surface area contributed by atoms with Crippen LogP contribution in [0.3, 0.4) is 0 Å². The van der Waals surface area contributed by atoms with E-state index in [1.165, 1.54) is 7.11 Å². The lowest BCUT2D eigenvalue weighted by molar-refractivity contribution is 0.102. The first-order chi connectivity index (χ1) is 8.69. The fourth-order valence-corrected chi connectivity index (χ4v) is 1.82. The third-order valence-corrected chi connectivity index (χ3v) is 2.76. The number of rotatable bonds is 4. The van der Waals surface area contributed by atoms with Crippen molar-refractivity contribution >= 4 is 5.78 Å². The van der Waals surface area contributed by atoms with Crippen molar-refractivity contribution in [2.24, 2.45) is 0 Å². The van der Waals surface area contributed by atoms with Crippen LogP contribution in [0.2, 0.25) is 0 Å². The third-order valence-electron chi connectivity index (χ3n) is 2.76. The molecule has 18 heavy (non-hydrogen) atoms. The Labute approximate surface area is 105 Å². The van der Waals surface area contributed by atoms with Crippen LogP contribution in [-0.4, -0.2) is 27.7 Å². The molecule has 0 aliphatic rings. The van der Waals surface area contributed by atoms with Crippen LogP contribution in [0, 0.1) is 6.92 Å². The molecule has 0 atom stereocenters. The highest BCUT2D eigenvalue weighted by Crippen LogP contribution is 2.21. The monoisotopic (exact) mass is 245 g/mol. The standard InChI is InChI=1S/C13H15N3O2/c1-4-16-12(10(18-3)8-15-16)13(17)11-9(2)6-5-7-14-11/h5-8H,4H2,1-3H3. The number of ketones is 1. The number of pyridine rings is 1. The number of hydrogen-bond acceptors (Lipinski definition) is 4. The van der Waals surface area contributed by atoms with Crippen LogP contribution < -0.4 is 4.74 Å². The van der Waals surface area contributed by atoms with E-state index in [2.05, 4.69) is 10.1 Å². The molecule has 0 amide bonds. The quantitative estimate of drug-likeness (QED) is 0.771. The van der Waals surface area contributed by atoms with Gasteiger partial charge in [-0.05, 0) is 25.5 Å². The van der Waals surface area contributed by atoms with Crippen LogP contribution in [0.1, 0.15) is 28.7 Å². The van der Waals surface area contributed by atoms with Gasteiger partial charge < -0.3 is 4.74 Å². The van der Waals surface area contributed by atoms with Crippen molar-refractivity contribution in [3.05, 3.63) is 41.5 Å². The van der Waals surface area contributed by atoms with Gasteiger partial charge in [0.2, 0.25) is 5.78 Å². The van der Waals surface area contributed by atoms with E-state index in [-0.39, 0.29) is 5.78 Å². The van der Waals surface area contributed by atoms with Crippen molar-refractivity contribution in [3.63, 3.8) is 0 Å². The topological polar surface area (TPSA) is 57.0 Å². The van der Waals surface area contributed by atoms with Gasteiger partial charge in [0.15, 0.2) is 11.4 Å². The molecule has 5 nitrogen and oxygen atoms in total. The second-order valence-electron chi connectivity index (χ2n) is 3.88. The zero-order chi connectivity index (χ0) is 13.1. The fourth-order valence-electron chi connectivity index (χ4n) is 1.82. The Bertz CT molecular complexity index is 554. The second kappa shape index (κ2) is 5.00. The number of ether oxygens (including phenoxy) is 1. The first kappa shape index (κ1) is 12.3. The number of nitrogens with zero attached hydrogens (tertiary/aromatic N) is 3. The van der Waals surface area contributed by atoms with E-state index in [1.807, 2.05) is 19.9 Å². The van der Waals surface area contributed by atoms with Gasteiger partial charge >= 0.3 is 0 Å². The third kappa shape index (κ3) is 1.99. The van der Waals surface area contributed by atoms with Gasteiger partial charge in [0, 0.05) is 12.7 Å². The lowest BCUT2D eigenvalue weighted by Gasteiger charge is -2.07. The Hall–Kier alpha value is -2.17. The van der Waals surface area contributed by atoms with E-state index in [1.54, 1.807) is 23.1 Å². The van der Waals surface area contributed by atoms with Crippen molar-refractivity contribution < 1.29 is 9.53 Å². The summed E-state index contributed by atoms with van der Waals surface area (Å²) < 4.78 is 6.80. The summed E-state index contributed by atoms with van der Waals surface area (Å²) in [6, 6.07) is 3.67. The first-order valence-corrected chi connectivity index (χ1v) is 5.75. The van der Waals surface area contributed by atoms with Crippen LogP contribution in [0.5, 0.6) is 5.75 Å². The predicted molar refractivity (Wildman–Crippen MR) is 66.9 cm³/mol. The second-order valence-corrected chi connectivity index (χ2v) is 3.88. The molecule has 0 radical (unpaired) electrons. The summed E-state index contributed by atoms with van der Waals surface area (Å²) in [4.78, 5) is 16.6. The Morgan fingerprint density at radius 3 is 2.89 bits per heavy atom. The van der Waals surface area contributed by atoms with E-state index >= 15 is 0 Å². The molecule has 0 spiro atoms. The van der Waals surface area contributed by atoms with Crippen molar-refractivity contribution in [2.45, 2.75) is 20.4 Å². The van der Waals surface area contributed by atoms with E-state index in [4.69, 9.17) is 4.74 Å². The molecule has 94 valence electrons. The number of carbonyl (C=O) groups excluding carboxylic acids is 1. The molecule has 0 bridgehead atoms. The molecule has 5 heteroatoms. The lowest BCUT2D eigenvalue weighted by Crippen LogP contribution is -2.14. The molecule has 0 aromatic carbocycles. The number of aromatic nitrogens is 3. The van der Waals surface area contributed by atoms with Gasteiger partial charge in [-0.1, -0.05) is 6.07 Å². The summed E-state index contributed by atoms with van der Waals surface area (Å²) in [5, 5.41) is 4.12. The Morgan fingerprint density at radius 2 is 2.28 bits per heavy atom. The summed E-state index contributed by atoms with van der Waals surface area (Å²) in [6.07, 6.45) is 3.16. The molecule has 0 unspecified atom stereocenters. The fraction of sp³-hybridized carbons (Fsp3) is 0.308. The number of aryl methyl sites for hydroxylation is 2. The molecule has 0 aliphatic heterocycles. The average Bonchev–Trinajstić information content (AvgIpc) is 2.81. The van der Waals surface area contributed by atoms with Crippen molar-refractivity contribution in [2.75, 3.05) is 7.11 Å². The highest BCUT2D eigenvalue weighted by Gasteiger charge is 2.22. The number of carbonyl (C=O) groups is 1. The minimum Gasteiger partial charge on any atom is -0.493 e. The molecule has 0 saturated heterocycles. The summed E-state index contributed by atoms with van der Waals surface area (Å²) in [7, 11) is 1.53. The SMILES string of the molecule is CCn1ncc(OC)c1C(=O)c1ncccc1C. The predicted octanol–water partition coefficient (Wildman–Crippen LogP) is 1.85. The molecule has 2 aromatic rings. The highest BCUT2D eigenvalue weighted by molar-refractivity contribution is 6.09. The van der Waals surface area contributed by atoms with Crippen LogP contribution in [0.25, 0.3) is 0 Å². The minimum absolute atomic E-state index is 0.163. The Balaban J connectivity index is 2.52. The summed E-state index contributed by atoms with van der Waals surface area (Å²) in [5.41, 5.74) is 1.72. The van der Waals surface area contributed by atoms with Crippen molar-refractivity contribution in [1.29, 1.82) is 0 Å². The van der Waals surface area contributed by atoms with Crippen molar-refractivity contribution in [3.8, 4) is 5.75 Å². The van der Waals surface area contributed by atoms with E-state index in [0.29, 0.717) is 23.7 Å². The van der Waals surface area contributed by atoms with Gasteiger partial charge in [0.05, 0.1) is 13.3 Å². The molecule has 2 heterocycles. The smallest absolute Gasteiger partial charge is 0.233 e. The highest BCUT2D eigenvalue weighted by atomic mass is 16.5. The average molecular weight is 245 g/mol. The van der Waals surface area contributed by atoms with E-state index in [0.717, 1.165) is 5.56 Å². The van der Waals surface area contributed by atoms with Gasteiger partial charge in [0.1, 0.15) is 5.69 Å². The van der Waals surface area contributed by atoms with Gasteiger partial charge in [-0.25, -0.2) is 0 Å². The molecular weight excluding hydrogens is 230 g/mol. The summed E-state index contributed by atoms with van der Waals surface area (Å²) >= 11 is 0. The maximum absolute atomic E-state index is 12.5. The molecular formula is C13H15N3O2. The zero-order valence-corrected chi connectivity index (χ0v) is 10.7. The number of hydrogen-bond donors (Lipinski definition) is 0. The van der Waals surface area contributed by atoms with Crippen LogP contribution in [0.15, 0.2) is 24.5 Å².